The predicted molar refractivity (Wildman–Crippen MR) is 106 cm³/mol. The first-order valence-corrected chi connectivity index (χ1v) is 10.5. The summed E-state index contributed by atoms with van der Waals surface area (Å²) in [7, 11) is -4.05. The lowest BCUT2D eigenvalue weighted by Gasteiger charge is -2.28. The molecule has 27 heavy (non-hydrogen) atoms. The van der Waals surface area contributed by atoms with Gasteiger partial charge in [-0.05, 0) is 60.7 Å². The Morgan fingerprint density at radius 3 is 1.74 bits per heavy atom. The largest absolute Gasteiger partial charge is 0.583 e. The summed E-state index contributed by atoms with van der Waals surface area (Å²) in [4.78, 5) is 13.4. The van der Waals surface area contributed by atoms with Gasteiger partial charge < -0.3 is 4.89 Å². The molecule has 0 fully saturated rings. The Morgan fingerprint density at radius 2 is 1.22 bits per heavy atom. The van der Waals surface area contributed by atoms with E-state index in [1.165, 1.54) is 0 Å². The van der Waals surface area contributed by atoms with E-state index in [1.807, 2.05) is 0 Å². The Labute approximate surface area is 171 Å². The van der Waals surface area contributed by atoms with Crippen LogP contribution in [0.15, 0.2) is 60.7 Å². The molecule has 0 spiro atoms. The summed E-state index contributed by atoms with van der Waals surface area (Å²) in [6.07, 6.45) is 0.451. The maximum Gasteiger partial charge on any atom is 0.517 e. The molecule has 0 unspecified atom stereocenters. The van der Waals surface area contributed by atoms with Gasteiger partial charge in [-0.1, -0.05) is 34.8 Å². The summed E-state index contributed by atoms with van der Waals surface area (Å²) >= 11 is 18.1. The number of hydrogen-bond acceptors (Lipinski definition) is 4. The highest BCUT2D eigenvalue weighted by Crippen LogP contribution is 2.56. The standard InChI is InChI=1S/C19H12Cl3O4P/c20-14-1-5-17(6-2-14)24-27(23)25-18-7-3-15(21)10-12(18)9-13-11-16(22)4-8-19(13)26-27/h1-8,10-11H,9H2. The van der Waals surface area contributed by atoms with Gasteiger partial charge in [0, 0.05) is 32.6 Å². The van der Waals surface area contributed by atoms with E-state index < -0.39 is 8.17 Å². The van der Waals surface area contributed by atoms with Crippen molar-refractivity contribution in [3.8, 4) is 17.2 Å². The quantitative estimate of drug-likeness (QED) is 0.449. The number of rotatable bonds is 2. The smallest absolute Gasteiger partial charge is 0.517 e. The van der Waals surface area contributed by atoms with Crippen LogP contribution in [0, 0.1) is 0 Å². The first-order chi connectivity index (χ1) is 12.9. The number of hydrogen-bond donors (Lipinski definition) is 0. The fraction of sp³-hybridized carbons (Fsp3) is 0.0526. The van der Waals surface area contributed by atoms with Crippen molar-refractivity contribution in [2.24, 2.45) is 0 Å². The molecule has 3 aromatic carbocycles. The molecule has 1 heterocycles. The highest BCUT2D eigenvalue weighted by molar-refractivity contribution is 7.55. The topological polar surface area (TPSA) is 50.8 Å². The SMILES string of the molecule is [O-][P+]1(Oc2ccc(Cl)cc2)Oc2ccc(Cl)cc2Cc2cc(Cl)ccc2O1. The zero-order valence-corrected chi connectivity index (χ0v) is 16.9. The minimum atomic E-state index is -4.05. The lowest BCUT2D eigenvalue weighted by atomic mass is 10.0. The second-order valence-corrected chi connectivity index (χ2v) is 8.61. The van der Waals surface area contributed by atoms with Gasteiger partial charge in [-0.25, -0.2) is 0 Å². The van der Waals surface area contributed by atoms with E-state index >= 15 is 0 Å². The van der Waals surface area contributed by atoms with Crippen LogP contribution in [-0.4, -0.2) is 0 Å². The van der Waals surface area contributed by atoms with Crippen LogP contribution in [0.25, 0.3) is 0 Å². The highest BCUT2D eigenvalue weighted by atomic mass is 35.5. The van der Waals surface area contributed by atoms with Crippen molar-refractivity contribution in [1.29, 1.82) is 0 Å². The van der Waals surface area contributed by atoms with Crippen LogP contribution in [0.5, 0.6) is 17.2 Å². The number of halogens is 3. The van der Waals surface area contributed by atoms with E-state index in [1.54, 1.807) is 60.7 Å². The maximum atomic E-state index is 13.4. The van der Waals surface area contributed by atoms with Crippen molar-refractivity contribution in [2.45, 2.75) is 6.42 Å². The van der Waals surface area contributed by atoms with Crippen molar-refractivity contribution < 1.29 is 18.5 Å². The average Bonchev–Trinajstić information content (AvgIpc) is 2.61. The van der Waals surface area contributed by atoms with Crippen molar-refractivity contribution in [2.75, 3.05) is 0 Å². The first kappa shape index (κ1) is 18.7. The van der Waals surface area contributed by atoms with Crippen LogP contribution in [0.3, 0.4) is 0 Å². The predicted octanol–water partition coefficient (Wildman–Crippen LogP) is 6.13. The van der Waals surface area contributed by atoms with Crippen molar-refractivity contribution in [3.63, 3.8) is 0 Å². The van der Waals surface area contributed by atoms with Gasteiger partial charge in [0.05, 0.1) is 0 Å². The molecule has 0 bridgehead atoms. The third-order valence-corrected chi connectivity index (χ3v) is 5.87. The molecule has 1 aliphatic heterocycles. The molecule has 0 atom stereocenters. The van der Waals surface area contributed by atoms with Crippen molar-refractivity contribution >= 4 is 43.0 Å². The van der Waals surface area contributed by atoms with Crippen LogP contribution in [0.4, 0.5) is 0 Å². The van der Waals surface area contributed by atoms with Crippen LogP contribution >= 0.6 is 43.0 Å². The summed E-state index contributed by atoms with van der Waals surface area (Å²) in [5.41, 5.74) is 1.49. The second-order valence-electron chi connectivity index (χ2n) is 5.86. The molecule has 4 rings (SSSR count). The fourth-order valence-corrected chi connectivity index (χ4v) is 4.52. The van der Waals surface area contributed by atoms with E-state index in [-0.39, 0.29) is 0 Å². The zero-order valence-electron chi connectivity index (χ0n) is 13.7. The summed E-state index contributed by atoms with van der Waals surface area (Å²) < 4.78 is 17.0. The van der Waals surface area contributed by atoms with E-state index in [2.05, 4.69) is 0 Å². The van der Waals surface area contributed by atoms with E-state index in [0.717, 1.165) is 11.1 Å². The molecular formula is C19H12Cl3O4P. The van der Waals surface area contributed by atoms with Gasteiger partial charge in [0.15, 0.2) is 17.2 Å². The molecule has 3 aromatic rings. The summed E-state index contributed by atoms with van der Waals surface area (Å²) in [5, 5.41) is 1.60. The van der Waals surface area contributed by atoms with Gasteiger partial charge in [0.1, 0.15) is 0 Å². The van der Waals surface area contributed by atoms with E-state index in [0.29, 0.717) is 38.7 Å². The van der Waals surface area contributed by atoms with Crippen molar-refractivity contribution in [1.82, 2.24) is 0 Å². The van der Waals surface area contributed by atoms with Crippen LogP contribution in [0.1, 0.15) is 11.1 Å². The number of phosphoric ester groups is 1. The molecule has 0 radical (unpaired) electrons. The monoisotopic (exact) mass is 440 g/mol. The molecule has 4 nitrogen and oxygen atoms in total. The lowest BCUT2D eigenvalue weighted by molar-refractivity contribution is -0.222. The molecule has 1 aliphatic rings. The minimum Gasteiger partial charge on any atom is -0.583 e. The maximum absolute atomic E-state index is 13.4. The molecule has 138 valence electrons. The molecule has 0 aliphatic carbocycles. The molecule has 0 amide bonds. The molecule has 0 aromatic heterocycles. The Morgan fingerprint density at radius 1 is 0.741 bits per heavy atom. The zero-order chi connectivity index (χ0) is 19.0. The summed E-state index contributed by atoms with van der Waals surface area (Å²) in [6.45, 7) is 0. The van der Waals surface area contributed by atoms with Gasteiger partial charge in [-0.3, -0.25) is 13.6 Å². The molecule has 0 saturated carbocycles. The van der Waals surface area contributed by atoms with Crippen LogP contribution in [0.2, 0.25) is 15.1 Å². The molecule has 8 heteroatoms. The van der Waals surface area contributed by atoms with E-state index in [4.69, 9.17) is 48.4 Å². The second kappa shape index (κ2) is 7.38. The van der Waals surface area contributed by atoms with Gasteiger partial charge in [-0.15, -0.1) is 0 Å². The first-order valence-electron chi connectivity index (χ1n) is 7.91. The van der Waals surface area contributed by atoms with Crippen molar-refractivity contribution in [3.05, 3.63) is 86.9 Å². The number of phosphoric acid groups is 1. The summed E-state index contributed by atoms with van der Waals surface area (Å²) in [6, 6.07) is 16.5. The van der Waals surface area contributed by atoms with Gasteiger partial charge in [0.2, 0.25) is 0 Å². The Balaban J connectivity index is 1.78. The fourth-order valence-electron chi connectivity index (χ4n) is 2.68. The average molecular weight is 442 g/mol. The minimum absolute atomic E-state index is 0.300. The lowest BCUT2D eigenvalue weighted by Crippen LogP contribution is -2.27. The number of fused-ring (bicyclic) bond motifs is 2. The normalized spacial score (nSPS) is 14.7. The molecule has 0 N–H and O–H groups in total. The third-order valence-electron chi connectivity index (χ3n) is 3.88. The molecule has 0 saturated heterocycles. The Hall–Kier alpha value is -1.68. The Kier molecular flexibility index (Phi) is 5.11. The van der Waals surface area contributed by atoms with Gasteiger partial charge >= 0.3 is 8.17 Å². The van der Waals surface area contributed by atoms with Crippen LogP contribution in [-0.2, 0) is 6.42 Å². The van der Waals surface area contributed by atoms with E-state index in [9.17, 15) is 4.89 Å². The summed E-state index contributed by atoms with van der Waals surface area (Å²) in [5.74, 6) is 1.03. The van der Waals surface area contributed by atoms with Gasteiger partial charge in [-0.2, -0.15) is 0 Å². The highest BCUT2D eigenvalue weighted by Gasteiger charge is 2.41. The Bertz CT molecular complexity index is 941. The molecular weight excluding hydrogens is 430 g/mol. The van der Waals surface area contributed by atoms with Gasteiger partial charge in [0.25, 0.3) is 0 Å². The van der Waals surface area contributed by atoms with Crippen LogP contribution < -0.4 is 18.5 Å². The number of benzene rings is 3. The third kappa shape index (κ3) is 4.26.